The zero-order chi connectivity index (χ0) is 19.4. The van der Waals surface area contributed by atoms with Crippen molar-refractivity contribution >= 4 is 11.5 Å². The van der Waals surface area contributed by atoms with E-state index >= 15 is 0 Å². The molecule has 144 valence electrons. The van der Waals surface area contributed by atoms with Gasteiger partial charge in [-0.3, -0.25) is 0 Å². The number of alkyl halides is 2. The molecule has 0 bridgehead atoms. The number of anilines is 1. The molecule has 2 aromatic carbocycles. The van der Waals surface area contributed by atoms with E-state index in [0.29, 0.717) is 13.0 Å². The number of ketones is 1. The van der Waals surface area contributed by atoms with Gasteiger partial charge in [0.05, 0.1) is 6.54 Å². The van der Waals surface area contributed by atoms with E-state index in [9.17, 15) is 13.6 Å². The summed E-state index contributed by atoms with van der Waals surface area (Å²) in [7, 11) is 0. The Morgan fingerprint density at radius 3 is 2.59 bits per heavy atom. The molecule has 0 amide bonds. The van der Waals surface area contributed by atoms with Gasteiger partial charge in [-0.05, 0) is 42.7 Å². The van der Waals surface area contributed by atoms with Crippen molar-refractivity contribution in [3.63, 3.8) is 0 Å². The number of benzene rings is 2. The molecule has 0 radical (unpaired) electrons. The molecule has 1 fully saturated rings. The lowest BCUT2D eigenvalue weighted by Crippen LogP contribution is -2.24. The molecule has 0 spiro atoms. The first-order chi connectivity index (χ1) is 12.9. The molecule has 0 aliphatic carbocycles. The number of carbonyl (C=O) groups excluding carboxylic acids is 1. The van der Waals surface area contributed by atoms with Crippen LogP contribution < -0.4 is 9.64 Å². The molecule has 1 aliphatic heterocycles. The maximum Gasteiger partial charge on any atom is 0.263 e. The van der Waals surface area contributed by atoms with E-state index in [0.717, 1.165) is 30.0 Å². The van der Waals surface area contributed by atoms with Crippen molar-refractivity contribution in [2.45, 2.75) is 45.1 Å². The summed E-state index contributed by atoms with van der Waals surface area (Å²) in [6.45, 7) is 5.11. The van der Waals surface area contributed by atoms with Crippen molar-refractivity contribution in [3.8, 4) is 5.75 Å². The molecule has 0 aromatic heterocycles. The van der Waals surface area contributed by atoms with Gasteiger partial charge in [0, 0.05) is 30.6 Å². The van der Waals surface area contributed by atoms with Gasteiger partial charge in [-0.1, -0.05) is 31.2 Å². The molecule has 0 N–H and O–H groups in total. The highest BCUT2D eigenvalue weighted by molar-refractivity contribution is 5.76. The highest BCUT2D eigenvalue weighted by atomic mass is 19.3. The van der Waals surface area contributed by atoms with Crippen molar-refractivity contribution in [2.24, 2.45) is 0 Å². The summed E-state index contributed by atoms with van der Waals surface area (Å²) in [5.41, 5.74) is 1.98. The number of hydrogen-bond donors (Lipinski definition) is 0. The summed E-state index contributed by atoms with van der Waals surface area (Å²) in [6.07, 6.45) is -1.04. The van der Waals surface area contributed by atoms with E-state index < -0.39 is 6.43 Å². The van der Waals surface area contributed by atoms with E-state index in [2.05, 4.69) is 4.90 Å². The SMILES string of the molecule is CC(=O)C[C@@H](C)c1ccc(OC2CCN(c3cccc(C(F)F)c3)C2)cc1. The molecule has 1 saturated heterocycles. The van der Waals surface area contributed by atoms with Gasteiger partial charge in [0.15, 0.2) is 0 Å². The fraction of sp³-hybridized carbons (Fsp3) is 0.409. The third-order valence-corrected chi connectivity index (χ3v) is 4.98. The fourth-order valence-corrected chi connectivity index (χ4v) is 3.53. The van der Waals surface area contributed by atoms with Gasteiger partial charge >= 0.3 is 0 Å². The summed E-state index contributed by atoms with van der Waals surface area (Å²) in [5.74, 6) is 1.17. The van der Waals surface area contributed by atoms with Crippen LogP contribution in [0.4, 0.5) is 14.5 Å². The van der Waals surface area contributed by atoms with E-state index in [1.54, 1.807) is 19.1 Å². The Balaban J connectivity index is 1.58. The Morgan fingerprint density at radius 2 is 1.93 bits per heavy atom. The number of carbonyl (C=O) groups is 1. The fourth-order valence-electron chi connectivity index (χ4n) is 3.53. The lowest BCUT2D eigenvalue weighted by molar-refractivity contribution is -0.117. The lowest BCUT2D eigenvalue weighted by Gasteiger charge is -2.20. The monoisotopic (exact) mass is 373 g/mol. The van der Waals surface area contributed by atoms with Gasteiger partial charge in [-0.2, -0.15) is 0 Å². The number of Topliss-reactive ketones (excluding diaryl/α,β-unsaturated/α-hetero) is 1. The Bertz CT molecular complexity index is 776. The van der Waals surface area contributed by atoms with Crippen LogP contribution in [0, 0.1) is 0 Å². The zero-order valence-corrected chi connectivity index (χ0v) is 15.7. The highest BCUT2D eigenvalue weighted by Crippen LogP contribution is 2.28. The van der Waals surface area contributed by atoms with Crippen molar-refractivity contribution in [1.29, 1.82) is 0 Å². The minimum absolute atomic E-state index is 0.0284. The molecule has 27 heavy (non-hydrogen) atoms. The van der Waals surface area contributed by atoms with Crippen LogP contribution >= 0.6 is 0 Å². The van der Waals surface area contributed by atoms with Crippen LogP contribution in [0.5, 0.6) is 5.75 Å². The first-order valence-corrected chi connectivity index (χ1v) is 9.31. The number of halogens is 2. The molecule has 1 aliphatic rings. The zero-order valence-electron chi connectivity index (χ0n) is 15.7. The third kappa shape index (κ3) is 5.06. The summed E-state index contributed by atoms with van der Waals surface area (Å²) in [4.78, 5) is 13.3. The highest BCUT2D eigenvalue weighted by Gasteiger charge is 2.25. The Morgan fingerprint density at radius 1 is 1.19 bits per heavy atom. The molecule has 1 unspecified atom stereocenters. The summed E-state index contributed by atoms with van der Waals surface area (Å²) in [5, 5.41) is 0. The predicted octanol–water partition coefficient (Wildman–Crippen LogP) is 5.36. The maximum atomic E-state index is 12.9. The van der Waals surface area contributed by atoms with Crippen LogP contribution in [0.3, 0.4) is 0 Å². The Kier molecular flexibility index (Phi) is 6.09. The largest absolute Gasteiger partial charge is 0.489 e. The Labute approximate surface area is 158 Å². The number of nitrogens with zero attached hydrogens (tertiary/aromatic N) is 1. The average Bonchev–Trinajstić information content (AvgIpc) is 3.10. The molecular formula is C22H25F2NO2. The van der Waals surface area contributed by atoms with Crippen LogP contribution in [0.15, 0.2) is 48.5 Å². The quantitative estimate of drug-likeness (QED) is 0.654. The van der Waals surface area contributed by atoms with Crippen LogP contribution in [0.2, 0.25) is 0 Å². The third-order valence-electron chi connectivity index (χ3n) is 4.98. The van der Waals surface area contributed by atoms with Crippen molar-refractivity contribution in [3.05, 3.63) is 59.7 Å². The molecule has 3 nitrogen and oxygen atoms in total. The number of rotatable bonds is 7. The van der Waals surface area contributed by atoms with Gasteiger partial charge in [-0.15, -0.1) is 0 Å². The van der Waals surface area contributed by atoms with E-state index in [1.165, 1.54) is 6.07 Å². The van der Waals surface area contributed by atoms with Gasteiger partial charge in [0.2, 0.25) is 0 Å². The summed E-state index contributed by atoms with van der Waals surface area (Å²) >= 11 is 0. The molecule has 1 heterocycles. The normalized spacial score (nSPS) is 18.0. The first kappa shape index (κ1) is 19.3. The number of hydrogen-bond acceptors (Lipinski definition) is 3. The summed E-state index contributed by atoms with van der Waals surface area (Å²) < 4.78 is 31.9. The predicted molar refractivity (Wildman–Crippen MR) is 103 cm³/mol. The molecule has 0 saturated carbocycles. The minimum atomic E-state index is -2.46. The van der Waals surface area contributed by atoms with Gasteiger partial charge in [-0.25, -0.2) is 8.78 Å². The number of ether oxygens (including phenoxy) is 1. The molecule has 2 atom stereocenters. The maximum absolute atomic E-state index is 12.9. The lowest BCUT2D eigenvalue weighted by atomic mass is 9.96. The average molecular weight is 373 g/mol. The first-order valence-electron chi connectivity index (χ1n) is 9.31. The molecular weight excluding hydrogens is 348 g/mol. The van der Waals surface area contributed by atoms with Crippen LogP contribution in [0.1, 0.15) is 50.2 Å². The second kappa shape index (κ2) is 8.51. The second-order valence-electron chi connectivity index (χ2n) is 7.25. The standard InChI is InChI=1S/C22H25F2NO2/c1-15(12-16(2)26)17-6-8-20(9-7-17)27-21-10-11-25(14-21)19-5-3-4-18(13-19)22(23)24/h3-9,13,15,21-22H,10-12,14H2,1-2H3/t15-,21?/m1/s1. The molecule has 2 aromatic rings. The Hall–Kier alpha value is -2.43. The van der Waals surface area contributed by atoms with Crippen molar-refractivity contribution in [1.82, 2.24) is 0 Å². The van der Waals surface area contributed by atoms with Gasteiger partial charge < -0.3 is 14.4 Å². The minimum Gasteiger partial charge on any atom is -0.489 e. The van der Waals surface area contributed by atoms with Crippen LogP contribution in [0.25, 0.3) is 0 Å². The topological polar surface area (TPSA) is 29.5 Å². The van der Waals surface area contributed by atoms with E-state index in [1.807, 2.05) is 37.3 Å². The second-order valence-corrected chi connectivity index (χ2v) is 7.25. The molecule has 5 heteroatoms. The summed E-state index contributed by atoms with van der Waals surface area (Å²) in [6, 6.07) is 14.4. The van der Waals surface area contributed by atoms with Crippen LogP contribution in [-0.4, -0.2) is 25.0 Å². The van der Waals surface area contributed by atoms with Gasteiger partial charge in [0.25, 0.3) is 6.43 Å². The molecule has 3 rings (SSSR count). The smallest absolute Gasteiger partial charge is 0.263 e. The van der Waals surface area contributed by atoms with E-state index in [-0.39, 0.29) is 23.4 Å². The van der Waals surface area contributed by atoms with Crippen LogP contribution in [-0.2, 0) is 4.79 Å². The van der Waals surface area contributed by atoms with Crippen molar-refractivity contribution in [2.75, 3.05) is 18.0 Å². The van der Waals surface area contributed by atoms with E-state index in [4.69, 9.17) is 4.74 Å². The van der Waals surface area contributed by atoms with Crippen molar-refractivity contribution < 1.29 is 18.3 Å². The van der Waals surface area contributed by atoms with Gasteiger partial charge in [0.1, 0.15) is 17.6 Å².